The van der Waals surface area contributed by atoms with Crippen molar-refractivity contribution in [2.45, 2.75) is 33.1 Å². The quantitative estimate of drug-likeness (QED) is 0.626. The number of nitrogens with zero attached hydrogens (tertiary/aromatic N) is 5. The van der Waals surface area contributed by atoms with Gasteiger partial charge in [-0.25, -0.2) is 0 Å². The van der Waals surface area contributed by atoms with Crippen LogP contribution in [0.3, 0.4) is 0 Å². The lowest BCUT2D eigenvalue weighted by atomic mass is 10.2. The second-order valence-electron chi connectivity index (χ2n) is 7.44. The molecule has 3 rings (SSSR count). The SMILES string of the molecule is CCN(CC)C(=O)CN1CCN(C(=O)CCCc2nnc(-c3ccccc3)o2)CC1. The zero-order valence-electron chi connectivity index (χ0n) is 17.9. The molecule has 0 bridgehead atoms. The van der Waals surface area contributed by atoms with Gasteiger partial charge in [0.05, 0.1) is 6.54 Å². The van der Waals surface area contributed by atoms with Crippen molar-refractivity contribution in [1.29, 1.82) is 0 Å². The zero-order chi connectivity index (χ0) is 21.3. The minimum atomic E-state index is 0.146. The highest BCUT2D eigenvalue weighted by Gasteiger charge is 2.23. The fourth-order valence-electron chi connectivity index (χ4n) is 3.62. The Balaban J connectivity index is 1.37. The molecule has 1 aromatic heterocycles. The van der Waals surface area contributed by atoms with Crippen LogP contribution in [0.15, 0.2) is 34.7 Å². The van der Waals surface area contributed by atoms with Gasteiger partial charge in [-0.05, 0) is 32.4 Å². The Morgan fingerprint density at radius 2 is 1.73 bits per heavy atom. The van der Waals surface area contributed by atoms with Crippen molar-refractivity contribution >= 4 is 11.8 Å². The first-order valence-corrected chi connectivity index (χ1v) is 10.8. The van der Waals surface area contributed by atoms with Gasteiger partial charge in [0, 0.05) is 57.7 Å². The number of carbonyl (C=O) groups excluding carboxylic acids is 2. The van der Waals surface area contributed by atoms with Crippen LogP contribution < -0.4 is 0 Å². The van der Waals surface area contributed by atoms with Gasteiger partial charge in [-0.1, -0.05) is 18.2 Å². The molecule has 0 unspecified atom stereocenters. The van der Waals surface area contributed by atoms with Gasteiger partial charge in [0.2, 0.25) is 23.6 Å². The molecular formula is C22H31N5O3. The molecule has 1 aliphatic heterocycles. The van der Waals surface area contributed by atoms with E-state index in [2.05, 4.69) is 15.1 Å². The molecule has 0 atom stereocenters. The minimum Gasteiger partial charge on any atom is -0.421 e. The van der Waals surface area contributed by atoms with E-state index in [1.54, 1.807) is 0 Å². The van der Waals surface area contributed by atoms with Gasteiger partial charge in [-0.3, -0.25) is 14.5 Å². The first kappa shape index (κ1) is 22.0. The summed E-state index contributed by atoms with van der Waals surface area (Å²) in [7, 11) is 0. The number of benzene rings is 1. The molecule has 8 heteroatoms. The van der Waals surface area contributed by atoms with Crippen molar-refractivity contribution in [2.24, 2.45) is 0 Å². The van der Waals surface area contributed by atoms with Crippen molar-refractivity contribution < 1.29 is 14.0 Å². The molecule has 2 heterocycles. The number of likely N-dealkylation sites (N-methyl/N-ethyl adjacent to an activating group) is 1. The van der Waals surface area contributed by atoms with Crippen LogP contribution >= 0.6 is 0 Å². The van der Waals surface area contributed by atoms with Crippen molar-refractivity contribution in [3.8, 4) is 11.5 Å². The largest absolute Gasteiger partial charge is 0.421 e. The molecule has 162 valence electrons. The predicted octanol–water partition coefficient (Wildman–Crippen LogP) is 2.07. The summed E-state index contributed by atoms with van der Waals surface area (Å²) in [6.07, 6.45) is 1.72. The molecule has 2 aromatic rings. The molecule has 1 fully saturated rings. The molecule has 2 amide bonds. The van der Waals surface area contributed by atoms with Crippen LogP contribution in [0, 0.1) is 0 Å². The van der Waals surface area contributed by atoms with Gasteiger partial charge in [0.15, 0.2) is 0 Å². The summed E-state index contributed by atoms with van der Waals surface area (Å²) in [4.78, 5) is 30.6. The van der Waals surface area contributed by atoms with Crippen LogP contribution in [-0.4, -0.2) is 82.5 Å². The first-order chi connectivity index (χ1) is 14.6. The summed E-state index contributed by atoms with van der Waals surface area (Å²) in [5, 5.41) is 8.17. The van der Waals surface area contributed by atoms with Crippen molar-refractivity contribution in [1.82, 2.24) is 24.9 Å². The Hall–Kier alpha value is -2.74. The molecule has 1 saturated heterocycles. The van der Waals surface area contributed by atoms with Gasteiger partial charge in [0.25, 0.3) is 0 Å². The van der Waals surface area contributed by atoms with Crippen LogP contribution in [0.2, 0.25) is 0 Å². The third-order valence-corrected chi connectivity index (χ3v) is 5.47. The fourth-order valence-corrected chi connectivity index (χ4v) is 3.62. The molecule has 0 radical (unpaired) electrons. The molecule has 1 aromatic carbocycles. The molecule has 0 aliphatic carbocycles. The van der Waals surface area contributed by atoms with Gasteiger partial charge in [-0.2, -0.15) is 0 Å². The summed E-state index contributed by atoms with van der Waals surface area (Å²) < 4.78 is 5.70. The van der Waals surface area contributed by atoms with E-state index >= 15 is 0 Å². The molecule has 0 saturated carbocycles. The lowest BCUT2D eigenvalue weighted by Crippen LogP contribution is -2.51. The maximum atomic E-state index is 12.5. The van der Waals surface area contributed by atoms with Crippen molar-refractivity contribution in [3.05, 3.63) is 36.2 Å². The average molecular weight is 414 g/mol. The Bertz CT molecular complexity index is 811. The maximum absolute atomic E-state index is 12.5. The average Bonchev–Trinajstić information content (AvgIpc) is 3.24. The normalized spacial score (nSPS) is 14.7. The van der Waals surface area contributed by atoms with E-state index in [9.17, 15) is 9.59 Å². The van der Waals surface area contributed by atoms with Crippen LogP contribution in [0.4, 0.5) is 0 Å². The van der Waals surface area contributed by atoms with E-state index < -0.39 is 0 Å². The van der Waals surface area contributed by atoms with Crippen LogP contribution in [0.25, 0.3) is 11.5 Å². The highest BCUT2D eigenvalue weighted by atomic mass is 16.4. The Morgan fingerprint density at radius 3 is 2.40 bits per heavy atom. The summed E-state index contributed by atoms with van der Waals surface area (Å²) in [6.45, 7) is 8.72. The lowest BCUT2D eigenvalue weighted by molar-refractivity contribution is -0.135. The minimum absolute atomic E-state index is 0.146. The Morgan fingerprint density at radius 1 is 1.03 bits per heavy atom. The third-order valence-electron chi connectivity index (χ3n) is 5.47. The third kappa shape index (κ3) is 5.89. The molecule has 8 nitrogen and oxygen atoms in total. The number of piperazine rings is 1. The fraction of sp³-hybridized carbons (Fsp3) is 0.545. The molecular weight excluding hydrogens is 382 g/mol. The highest BCUT2D eigenvalue weighted by Crippen LogP contribution is 2.18. The van der Waals surface area contributed by atoms with Gasteiger partial charge in [-0.15, -0.1) is 10.2 Å². The zero-order valence-corrected chi connectivity index (χ0v) is 17.9. The highest BCUT2D eigenvalue weighted by molar-refractivity contribution is 5.78. The van der Waals surface area contributed by atoms with Crippen LogP contribution in [-0.2, 0) is 16.0 Å². The van der Waals surface area contributed by atoms with E-state index in [0.717, 1.165) is 31.7 Å². The summed E-state index contributed by atoms with van der Waals surface area (Å²) in [6, 6.07) is 9.65. The van der Waals surface area contributed by atoms with Gasteiger partial charge < -0.3 is 14.2 Å². The standard InChI is InChI=1S/C22H31N5O3/c1-3-26(4-2)21(29)17-25-13-15-27(16-14-25)20(28)12-8-11-19-23-24-22(30-19)18-9-6-5-7-10-18/h5-7,9-10H,3-4,8,11-17H2,1-2H3. The molecule has 0 N–H and O–H groups in total. The summed E-state index contributed by atoms with van der Waals surface area (Å²) in [5.41, 5.74) is 0.893. The Kier molecular flexibility index (Phi) is 7.96. The number of carbonyl (C=O) groups is 2. The molecule has 1 aliphatic rings. The maximum Gasteiger partial charge on any atom is 0.247 e. The summed E-state index contributed by atoms with van der Waals surface area (Å²) >= 11 is 0. The summed E-state index contributed by atoms with van der Waals surface area (Å²) in [5.74, 6) is 1.37. The topological polar surface area (TPSA) is 82.8 Å². The van der Waals surface area contributed by atoms with Crippen LogP contribution in [0.5, 0.6) is 0 Å². The smallest absolute Gasteiger partial charge is 0.247 e. The van der Waals surface area contributed by atoms with Crippen molar-refractivity contribution in [2.75, 3.05) is 45.8 Å². The number of aryl methyl sites for hydroxylation is 1. The lowest BCUT2D eigenvalue weighted by Gasteiger charge is -2.35. The second-order valence-corrected chi connectivity index (χ2v) is 7.44. The van der Waals surface area contributed by atoms with E-state index in [1.807, 2.05) is 54.0 Å². The van der Waals surface area contributed by atoms with Gasteiger partial charge in [0.1, 0.15) is 0 Å². The number of hydrogen-bond donors (Lipinski definition) is 0. The Labute approximate surface area is 177 Å². The monoisotopic (exact) mass is 413 g/mol. The van der Waals surface area contributed by atoms with Gasteiger partial charge >= 0.3 is 0 Å². The van der Waals surface area contributed by atoms with E-state index in [0.29, 0.717) is 50.7 Å². The number of hydrogen-bond acceptors (Lipinski definition) is 6. The van der Waals surface area contributed by atoms with Crippen molar-refractivity contribution in [3.63, 3.8) is 0 Å². The first-order valence-electron chi connectivity index (χ1n) is 10.8. The molecule has 30 heavy (non-hydrogen) atoms. The van der Waals surface area contributed by atoms with E-state index in [4.69, 9.17) is 4.42 Å². The second kappa shape index (κ2) is 10.9. The predicted molar refractivity (Wildman–Crippen MR) is 114 cm³/mol. The van der Waals surface area contributed by atoms with E-state index in [1.165, 1.54) is 0 Å². The molecule has 0 spiro atoms. The van der Waals surface area contributed by atoms with Crippen LogP contribution in [0.1, 0.15) is 32.6 Å². The van der Waals surface area contributed by atoms with E-state index in [-0.39, 0.29) is 11.8 Å². The number of aromatic nitrogens is 2. The number of amides is 2. The number of rotatable bonds is 9.